The number of sulfone groups is 1. The summed E-state index contributed by atoms with van der Waals surface area (Å²) in [7, 11) is -4.12. The average Bonchev–Trinajstić information content (AvgIpc) is 2.26. The molecule has 0 N–H and O–H groups in total. The lowest BCUT2D eigenvalue weighted by molar-refractivity contribution is 0.594. The SMILES string of the molecule is O=S(=O)(c1nccc2ccccc12)C(Cl)(Cl)Cl. The highest BCUT2D eigenvalue weighted by Crippen LogP contribution is 2.38. The van der Waals surface area contributed by atoms with Gasteiger partial charge in [0.25, 0.3) is 3.12 Å². The normalized spacial score (nSPS) is 12.9. The van der Waals surface area contributed by atoms with Gasteiger partial charge in [0.2, 0.25) is 9.84 Å². The van der Waals surface area contributed by atoms with Crippen molar-refractivity contribution in [3.63, 3.8) is 0 Å². The molecule has 0 saturated heterocycles. The molecule has 0 aliphatic heterocycles. The number of benzene rings is 1. The number of halogens is 3. The van der Waals surface area contributed by atoms with Crippen LogP contribution < -0.4 is 0 Å². The number of fused-ring (bicyclic) bond motifs is 1. The van der Waals surface area contributed by atoms with Gasteiger partial charge in [-0.15, -0.1) is 0 Å². The van der Waals surface area contributed by atoms with Gasteiger partial charge in [-0.2, -0.15) is 0 Å². The van der Waals surface area contributed by atoms with Gasteiger partial charge in [-0.3, -0.25) is 0 Å². The number of aromatic nitrogens is 1. The number of hydrogen-bond donors (Lipinski definition) is 0. The van der Waals surface area contributed by atoms with E-state index in [2.05, 4.69) is 4.98 Å². The van der Waals surface area contributed by atoms with Crippen molar-refractivity contribution in [3.8, 4) is 0 Å². The molecule has 0 atom stereocenters. The summed E-state index contributed by atoms with van der Waals surface area (Å²) in [5, 5.41) is 0.923. The van der Waals surface area contributed by atoms with Crippen molar-refractivity contribution in [1.29, 1.82) is 0 Å². The molecular formula is C10H6Cl3NO2S. The molecule has 3 nitrogen and oxygen atoms in total. The summed E-state index contributed by atoms with van der Waals surface area (Å²) in [6.45, 7) is 0. The second-order valence-electron chi connectivity index (χ2n) is 3.29. The first-order valence-electron chi connectivity index (χ1n) is 4.49. The fourth-order valence-corrected chi connectivity index (χ4v) is 2.97. The topological polar surface area (TPSA) is 47.0 Å². The van der Waals surface area contributed by atoms with E-state index in [1.54, 1.807) is 30.3 Å². The third kappa shape index (κ3) is 2.22. The Morgan fingerprint density at radius 2 is 1.71 bits per heavy atom. The molecule has 0 bridgehead atoms. The van der Waals surface area contributed by atoms with Crippen LogP contribution in [-0.2, 0) is 9.84 Å². The summed E-state index contributed by atoms with van der Waals surface area (Å²) in [5.41, 5.74) is 0. The van der Waals surface area contributed by atoms with Crippen LogP contribution in [0.1, 0.15) is 0 Å². The fourth-order valence-electron chi connectivity index (χ4n) is 1.42. The molecule has 0 aliphatic rings. The Balaban J connectivity index is 2.82. The lowest BCUT2D eigenvalue weighted by Gasteiger charge is -2.13. The smallest absolute Gasteiger partial charge is 0.244 e. The van der Waals surface area contributed by atoms with Crippen LogP contribution in [0.4, 0.5) is 0 Å². The molecule has 1 aromatic carbocycles. The van der Waals surface area contributed by atoms with Crippen molar-refractivity contribution in [2.24, 2.45) is 0 Å². The summed E-state index contributed by atoms with van der Waals surface area (Å²) in [5.74, 6) is 0. The van der Waals surface area contributed by atoms with Crippen molar-refractivity contribution in [2.75, 3.05) is 0 Å². The minimum absolute atomic E-state index is 0.226. The number of alkyl halides is 3. The quantitative estimate of drug-likeness (QED) is 0.759. The molecule has 0 spiro atoms. The Morgan fingerprint density at radius 3 is 2.35 bits per heavy atom. The zero-order valence-corrected chi connectivity index (χ0v) is 11.4. The Hall–Kier alpha value is -0.550. The van der Waals surface area contributed by atoms with Gasteiger partial charge in [0.05, 0.1) is 0 Å². The number of nitrogens with zero attached hydrogens (tertiary/aromatic N) is 1. The molecule has 0 fully saturated rings. The Labute approximate surface area is 113 Å². The number of hydrogen-bond acceptors (Lipinski definition) is 3. The van der Waals surface area contributed by atoms with Gasteiger partial charge in [0, 0.05) is 11.6 Å². The molecule has 7 heteroatoms. The maximum absolute atomic E-state index is 12.0. The minimum Gasteiger partial charge on any atom is -0.244 e. The summed E-state index contributed by atoms with van der Waals surface area (Å²) in [6, 6.07) is 8.54. The lowest BCUT2D eigenvalue weighted by Crippen LogP contribution is -2.21. The first-order chi connectivity index (χ1) is 7.84. The molecule has 0 saturated carbocycles. The molecule has 1 aromatic heterocycles. The molecule has 2 rings (SSSR count). The van der Waals surface area contributed by atoms with Crippen LogP contribution in [0, 0.1) is 0 Å². The first-order valence-corrected chi connectivity index (χ1v) is 7.11. The zero-order chi connectivity index (χ0) is 12.7. The van der Waals surface area contributed by atoms with Gasteiger partial charge < -0.3 is 0 Å². The molecule has 0 radical (unpaired) electrons. The van der Waals surface area contributed by atoms with E-state index in [-0.39, 0.29) is 5.03 Å². The van der Waals surface area contributed by atoms with E-state index in [9.17, 15) is 8.42 Å². The van der Waals surface area contributed by atoms with Crippen LogP contribution >= 0.6 is 34.8 Å². The third-order valence-corrected chi connectivity index (χ3v) is 5.47. The number of pyridine rings is 1. The molecule has 0 unspecified atom stereocenters. The van der Waals surface area contributed by atoms with E-state index in [1.807, 2.05) is 0 Å². The largest absolute Gasteiger partial charge is 0.298 e. The second-order valence-corrected chi connectivity index (χ2v) is 8.25. The van der Waals surface area contributed by atoms with E-state index in [1.165, 1.54) is 6.20 Å². The van der Waals surface area contributed by atoms with E-state index < -0.39 is 13.0 Å². The van der Waals surface area contributed by atoms with Gasteiger partial charge in [-0.05, 0) is 11.5 Å². The van der Waals surface area contributed by atoms with Crippen molar-refractivity contribution >= 4 is 55.4 Å². The Kier molecular flexibility index (Phi) is 3.25. The lowest BCUT2D eigenvalue weighted by atomic mass is 10.2. The van der Waals surface area contributed by atoms with Crippen molar-refractivity contribution in [1.82, 2.24) is 4.98 Å². The van der Waals surface area contributed by atoms with Crippen molar-refractivity contribution in [3.05, 3.63) is 36.5 Å². The average molecular weight is 311 g/mol. The van der Waals surface area contributed by atoms with Crippen molar-refractivity contribution in [2.45, 2.75) is 8.15 Å². The van der Waals surface area contributed by atoms with Gasteiger partial charge in [0.1, 0.15) is 0 Å². The van der Waals surface area contributed by atoms with Gasteiger partial charge in [-0.1, -0.05) is 59.1 Å². The van der Waals surface area contributed by atoms with Crippen LogP contribution in [-0.4, -0.2) is 16.5 Å². The van der Waals surface area contributed by atoms with Crippen molar-refractivity contribution < 1.29 is 8.42 Å². The molecule has 17 heavy (non-hydrogen) atoms. The van der Waals surface area contributed by atoms with Crippen LogP contribution in [0.15, 0.2) is 41.6 Å². The molecule has 90 valence electrons. The first kappa shape index (κ1) is 12.9. The fraction of sp³-hybridized carbons (Fsp3) is 0.100. The maximum Gasteiger partial charge on any atom is 0.298 e. The molecule has 0 aliphatic carbocycles. The van der Waals surface area contributed by atoms with E-state index in [0.29, 0.717) is 5.39 Å². The Bertz CT molecular complexity index is 659. The summed E-state index contributed by atoms with van der Waals surface area (Å²) < 4.78 is 21.6. The van der Waals surface area contributed by atoms with E-state index >= 15 is 0 Å². The summed E-state index contributed by atoms with van der Waals surface area (Å²) in [4.78, 5) is 3.80. The third-order valence-electron chi connectivity index (χ3n) is 2.20. The molecule has 0 amide bonds. The van der Waals surface area contributed by atoms with Crippen LogP contribution in [0.25, 0.3) is 10.8 Å². The van der Waals surface area contributed by atoms with Gasteiger partial charge in [0.15, 0.2) is 5.03 Å². The highest BCUT2D eigenvalue weighted by molar-refractivity contribution is 7.97. The van der Waals surface area contributed by atoms with Gasteiger partial charge in [-0.25, -0.2) is 13.4 Å². The zero-order valence-electron chi connectivity index (χ0n) is 8.27. The van der Waals surface area contributed by atoms with Crippen LogP contribution in [0.2, 0.25) is 0 Å². The molecule has 1 heterocycles. The molecular weight excluding hydrogens is 305 g/mol. The number of rotatable bonds is 1. The van der Waals surface area contributed by atoms with Crippen LogP contribution in [0.5, 0.6) is 0 Å². The monoisotopic (exact) mass is 309 g/mol. The highest BCUT2D eigenvalue weighted by atomic mass is 35.6. The summed E-state index contributed by atoms with van der Waals surface area (Å²) in [6.07, 6.45) is 1.37. The standard InChI is InChI=1S/C10H6Cl3NO2S/c11-10(12,13)17(15,16)9-8-4-2-1-3-7(8)5-6-14-9/h1-6H. The minimum atomic E-state index is -4.12. The molecule has 2 aromatic rings. The maximum atomic E-state index is 12.0. The van der Waals surface area contributed by atoms with E-state index in [0.717, 1.165) is 5.39 Å². The Morgan fingerprint density at radius 1 is 1.06 bits per heavy atom. The summed E-state index contributed by atoms with van der Waals surface area (Å²) >= 11 is 16.4. The van der Waals surface area contributed by atoms with Gasteiger partial charge >= 0.3 is 0 Å². The van der Waals surface area contributed by atoms with E-state index in [4.69, 9.17) is 34.8 Å². The predicted octanol–water partition coefficient (Wildman–Crippen LogP) is 3.34. The highest BCUT2D eigenvalue weighted by Gasteiger charge is 2.41. The second kappa shape index (κ2) is 4.28. The predicted molar refractivity (Wildman–Crippen MR) is 69.2 cm³/mol. The van der Waals surface area contributed by atoms with Crippen LogP contribution in [0.3, 0.4) is 0 Å².